The first-order chi connectivity index (χ1) is 8.83. The Morgan fingerprint density at radius 1 is 0.389 bits per heavy atom. The molecule has 0 nitrogen and oxygen atoms in total. The molecule has 0 amide bonds. The number of hydrogen-bond donors (Lipinski definition) is 0. The summed E-state index contributed by atoms with van der Waals surface area (Å²) in [5.74, 6) is 10.7. The third kappa shape index (κ3) is 63.5. The average Bonchev–Trinajstić information content (AvgIpc) is 2.53. The van der Waals surface area contributed by atoms with Crippen molar-refractivity contribution < 1.29 is 0 Å². The number of hydrogen-bond acceptors (Lipinski definition) is 0. The summed E-state index contributed by atoms with van der Waals surface area (Å²) in [5.41, 5.74) is 0. The highest BCUT2D eigenvalue weighted by Crippen LogP contribution is 1.79. The smallest absolute Gasteiger partial charge is 0.00271 e. The van der Waals surface area contributed by atoms with Crippen LogP contribution in [0.3, 0.4) is 0 Å². The lowest BCUT2D eigenvalue weighted by Gasteiger charge is -1.69. The van der Waals surface area contributed by atoms with Gasteiger partial charge >= 0.3 is 0 Å². The Bertz CT molecular complexity index is 231. The Morgan fingerprint density at radius 3 is 0.556 bits per heavy atom. The molecule has 0 aromatic heterocycles. The minimum absolute atomic E-state index is 1.82. The Balaban J connectivity index is -0.0000000737. The van der Waals surface area contributed by atoms with E-state index in [4.69, 9.17) is 0 Å². The van der Waals surface area contributed by atoms with Crippen LogP contribution in [-0.4, -0.2) is 0 Å². The quantitative estimate of drug-likeness (QED) is 0.508. The van der Waals surface area contributed by atoms with E-state index in [0.29, 0.717) is 0 Å². The summed E-state index contributed by atoms with van der Waals surface area (Å²) in [5, 5.41) is 0. The summed E-state index contributed by atoms with van der Waals surface area (Å²) in [6.45, 7) is 15.3. The summed E-state index contributed by atoms with van der Waals surface area (Å²) in [6.07, 6.45) is 0. The summed E-state index contributed by atoms with van der Waals surface area (Å²) >= 11 is 0. The predicted molar refractivity (Wildman–Crippen MR) is 87.4 cm³/mol. The van der Waals surface area contributed by atoms with Crippen molar-refractivity contribution in [2.75, 3.05) is 0 Å². The molecule has 1 rings (SSSR count). The molecular weight excluding hydrogens is 216 g/mol. The Hall–Kier alpha value is -1.66. The van der Waals surface area contributed by atoms with E-state index in [2.05, 4.69) is 23.7 Å². The van der Waals surface area contributed by atoms with Crippen molar-refractivity contribution >= 4 is 0 Å². The monoisotopic (exact) mass is 246 g/mol. The van der Waals surface area contributed by atoms with E-state index < -0.39 is 0 Å². The first-order valence-electron chi connectivity index (χ1n) is 6.50. The fourth-order valence-corrected chi connectivity index (χ4v) is 0.385. The van der Waals surface area contributed by atoms with Gasteiger partial charge in [0.15, 0.2) is 0 Å². The molecule has 0 saturated heterocycles. The van der Waals surface area contributed by atoms with Crippen molar-refractivity contribution in [2.24, 2.45) is 0 Å². The minimum atomic E-state index is 1.82. The molecule has 0 heterocycles. The minimum Gasteiger partial charge on any atom is -0.107 e. The standard InChI is InChI=1S/C6H6.2C4H6.2C2H6/c1-2-4-6-5-3-1;2*1-3-4-2;2*1-2/h1-6H;2*1-2H3;2*1-2H3. The van der Waals surface area contributed by atoms with E-state index in [1.807, 2.05) is 91.8 Å². The van der Waals surface area contributed by atoms with Crippen LogP contribution in [0.15, 0.2) is 36.4 Å². The molecule has 0 N–H and O–H groups in total. The van der Waals surface area contributed by atoms with Gasteiger partial charge in [0.25, 0.3) is 0 Å². The second kappa shape index (κ2) is 45.4. The van der Waals surface area contributed by atoms with Crippen LogP contribution in [-0.2, 0) is 0 Å². The summed E-state index contributed by atoms with van der Waals surface area (Å²) in [7, 11) is 0. The van der Waals surface area contributed by atoms with Crippen LogP contribution in [0.4, 0.5) is 0 Å². The fourth-order valence-electron chi connectivity index (χ4n) is 0.385. The van der Waals surface area contributed by atoms with Crippen LogP contribution in [0.2, 0.25) is 0 Å². The van der Waals surface area contributed by atoms with Crippen LogP contribution in [0.25, 0.3) is 0 Å². The fraction of sp³-hybridized carbons (Fsp3) is 0.444. The number of benzene rings is 1. The van der Waals surface area contributed by atoms with E-state index in [1.54, 1.807) is 0 Å². The Kier molecular flexibility index (Phi) is 63.6. The predicted octanol–water partition coefficient (Wildman–Crippen LogP) is 5.80. The Morgan fingerprint density at radius 2 is 0.500 bits per heavy atom. The van der Waals surface area contributed by atoms with Crippen molar-refractivity contribution in [3.8, 4) is 23.7 Å². The van der Waals surface area contributed by atoms with Gasteiger partial charge in [0.1, 0.15) is 0 Å². The Labute approximate surface area is 116 Å². The topological polar surface area (TPSA) is 0 Å². The lowest BCUT2D eigenvalue weighted by Crippen LogP contribution is -1.47. The van der Waals surface area contributed by atoms with Crippen molar-refractivity contribution in [3.05, 3.63) is 36.4 Å². The lowest BCUT2D eigenvalue weighted by molar-refractivity contribution is 1.50. The van der Waals surface area contributed by atoms with Crippen LogP contribution >= 0.6 is 0 Å². The highest BCUT2D eigenvalue weighted by Gasteiger charge is 1.57. The maximum atomic E-state index is 2.68. The SMILES string of the molecule is CC.CC.CC#CC.CC#CC.c1ccccc1. The van der Waals surface area contributed by atoms with Crippen LogP contribution < -0.4 is 0 Å². The molecule has 0 saturated carbocycles. The van der Waals surface area contributed by atoms with Gasteiger partial charge in [0.05, 0.1) is 0 Å². The lowest BCUT2D eigenvalue weighted by atomic mass is 10.4. The van der Waals surface area contributed by atoms with E-state index in [9.17, 15) is 0 Å². The molecule has 0 heteroatoms. The molecular formula is C18H30. The zero-order valence-corrected chi connectivity index (χ0v) is 13.5. The maximum Gasteiger partial charge on any atom is -0.00271 e. The van der Waals surface area contributed by atoms with Gasteiger partial charge in [-0.15, -0.1) is 23.7 Å². The zero-order chi connectivity index (χ0) is 15.1. The van der Waals surface area contributed by atoms with Crippen molar-refractivity contribution in [1.82, 2.24) is 0 Å². The van der Waals surface area contributed by atoms with Crippen LogP contribution in [0, 0.1) is 23.7 Å². The van der Waals surface area contributed by atoms with Crippen molar-refractivity contribution in [2.45, 2.75) is 55.4 Å². The van der Waals surface area contributed by atoms with Gasteiger partial charge < -0.3 is 0 Å². The molecule has 0 radical (unpaired) electrons. The second-order valence-electron chi connectivity index (χ2n) is 2.15. The van der Waals surface area contributed by atoms with Gasteiger partial charge in [-0.1, -0.05) is 64.1 Å². The molecule has 0 aliphatic rings. The van der Waals surface area contributed by atoms with Gasteiger partial charge in [0.2, 0.25) is 0 Å². The molecule has 0 atom stereocenters. The van der Waals surface area contributed by atoms with Crippen molar-refractivity contribution in [1.29, 1.82) is 0 Å². The van der Waals surface area contributed by atoms with E-state index >= 15 is 0 Å². The molecule has 102 valence electrons. The van der Waals surface area contributed by atoms with E-state index in [-0.39, 0.29) is 0 Å². The van der Waals surface area contributed by atoms with Crippen molar-refractivity contribution in [3.63, 3.8) is 0 Å². The van der Waals surface area contributed by atoms with Gasteiger partial charge in [-0.2, -0.15) is 0 Å². The molecule has 0 aliphatic carbocycles. The highest BCUT2D eigenvalue weighted by atomic mass is 13.6. The summed E-state index contributed by atoms with van der Waals surface area (Å²) in [4.78, 5) is 0. The average molecular weight is 246 g/mol. The third-order valence-corrected chi connectivity index (χ3v) is 1.17. The second-order valence-corrected chi connectivity index (χ2v) is 2.15. The summed E-state index contributed by atoms with van der Waals surface area (Å²) in [6, 6.07) is 12.0. The largest absolute Gasteiger partial charge is 0.107 e. The van der Waals surface area contributed by atoms with Gasteiger partial charge in [-0.05, 0) is 27.7 Å². The molecule has 0 fully saturated rings. The molecule has 0 spiro atoms. The van der Waals surface area contributed by atoms with E-state index in [0.717, 1.165) is 0 Å². The molecule has 0 aliphatic heterocycles. The summed E-state index contributed by atoms with van der Waals surface area (Å²) < 4.78 is 0. The molecule has 18 heavy (non-hydrogen) atoms. The maximum absolute atomic E-state index is 2.68. The molecule has 1 aromatic rings. The van der Waals surface area contributed by atoms with Gasteiger partial charge in [0, 0.05) is 0 Å². The highest BCUT2D eigenvalue weighted by molar-refractivity contribution is 4.99. The molecule has 0 unspecified atom stereocenters. The first kappa shape index (κ1) is 25.3. The molecule has 0 bridgehead atoms. The third-order valence-electron chi connectivity index (χ3n) is 1.17. The van der Waals surface area contributed by atoms with Crippen LogP contribution in [0.5, 0.6) is 0 Å². The van der Waals surface area contributed by atoms with Crippen LogP contribution in [0.1, 0.15) is 55.4 Å². The molecule has 1 aromatic carbocycles. The normalized spacial score (nSPS) is 4.89. The van der Waals surface area contributed by atoms with Gasteiger partial charge in [-0.3, -0.25) is 0 Å². The van der Waals surface area contributed by atoms with Gasteiger partial charge in [-0.25, -0.2) is 0 Å². The number of rotatable bonds is 0. The van der Waals surface area contributed by atoms with E-state index in [1.165, 1.54) is 0 Å². The first-order valence-corrected chi connectivity index (χ1v) is 6.50. The zero-order valence-electron chi connectivity index (χ0n) is 13.5.